The zero-order valence-electron chi connectivity index (χ0n) is 12.7. The van der Waals surface area contributed by atoms with Gasteiger partial charge < -0.3 is 5.11 Å². The first-order valence-corrected chi connectivity index (χ1v) is 8.64. The number of hydrogen-bond donors (Lipinski definition) is 2. The maximum Gasteiger partial charge on any atom is 0.322 e. The van der Waals surface area contributed by atoms with Crippen molar-refractivity contribution in [3.8, 4) is 0 Å². The largest absolute Gasteiger partial charge is 0.480 e. The molecule has 1 aromatic carbocycles. The van der Waals surface area contributed by atoms with Crippen LogP contribution >= 0.6 is 0 Å². The average molecular weight is 313 g/mol. The number of carboxylic acids is 1. The molecule has 6 heteroatoms. The van der Waals surface area contributed by atoms with Crippen molar-refractivity contribution >= 4 is 16.0 Å². The average Bonchev–Trinajstić information content (AvgIpc) is 2.44. The predicted molar refractivity (Wildman–Crippen MR) is 81.6 cm³/mol. The van der Waals surface area contributed by atoms with E-state index >= 15 is 0 Å². The van der Waals surface area contributed by atoms with E-state index in [1.807, 2.05) is 6.92 Å². The normalized spacial score (nSPS) is 14.6. The number of aliphatic carboxylic acids is 1. The number of aryl methyl sites for hydroxylation is 1. The van der Waals surface area contributed by atoms with Crippen molar-refractivity contribution in [2.75, 3.05) is 0 Å². The second kappa shape index (κ2) is 7.56. The minimum atomic E-state index is -3.82. The summed E-state index contributed by atoms with van der Waals surface area (Å²) in [4.78, 5) is 11.3. The molecule has 0 spiro atoms. The molecule has 21 heavy (non-hydrogen) atoms. The second-order valence-electron chi connectivity index (χ2n) is 5.22. The molecule has 1 aromatic rings. The zero-order chi connectivity index (χ0) is 16.0. The highest BCUT2D eigenvalue weighted by Crippen LogP contribution is 2.15. The fraction of sp³-hybridized carbons (Fsp3) is 0.533. The Bertz CT molecular complexity index is 566. The Balaban J connectivity index is 2.96. The number of rotatable bonds is 8. The van der Waals surface area contributed by atoms with Crippen LogP contribution in [0.2, 0.25) is 0 Å². The molecule has 5 nitrogen and oxygen atoms in total. The summed E-state index contributed by atoms with van der Waals surface area (Å²) in [5.41, 5.74) is 1.06. The first-order chi connectivity index (χ1) is 9.81. The highest BCUT2D eigenvalue weighted by molar-refractivity contribution is 7.89. The summed E-state index contributed by atoms with van der Waals surface area (Å²) in [6, 6.07) is 5.44. The summed E-state index contributed by atoms with van der Waals surface area (Å²) in [5.74, 6) is -1.44. The Hall–Kier alpha value is -1.40. The molecule has 0 aliphatic carbocycles. The number of nitrogens with one attached hydrogen (secondary N) is 1. The topological polar surface area (TPSA) is 83.5 Å². The third-order valence-corrected chi connectivity index (χ3v) is 4.99. The van der Waals surface area contributed by atoms with Crippen LogP contribution in [0, 0.1) is 5.92 Å². The molecule has 0 bridgehead atoms. The van der Waals surface area contributed by atoms with Gasteiger partial charge in [0.2, 0.25) is 10.0 Å². The minimum absolute atomic E-state index is 0.0944. The maximum absolute atomic E-state index is 12.3. The Morgan fingerprint density at radius 1 is 1.24 bits per heavy atom. The molecular formula is C15H23NO4S. The molecule has 0 saturated carbocycles. The van der Waals surface area contributed by atoms with Crippen molar-refractivity contribution in [2.24, 2.45) is 5.92 Å². The summed E-state index contributed by atoms with van der Waals surface area (Å²) < 4.78 is 26.8. The van der Waals surface area contributed by atoms with E-state index in [4.69, 9.17) is 0 Å². The standard InChI is InChI=1S/C15H23NO4S/c1-4-6-12-7-9-13(10-8-12)21(19,20)16-14(15(17)18)11(3)5-2/h7-11,14,16H,4-6H2,1-3H3,(H,17,18)/t11?,14-/m0/s1. The molecule has 1 unspecified atom stereocenters. The lowest BCUT2D eigenvalue weighted by molar-refractivity contribution is -0.140. The number of sulfonamides is 1. The monoisotopic (exact) mass is 313 g/mol. The lowest BCUT2D eigenvalue weighted by Crippen LogP contribution is -2.44. The van der Waals surface area contributed by atoms with Crippen LogP contribution in [0.15, 0.2) is 29.2 Å². The predicted octanol–water partition coefficient (Wildman–Crippen LogP) is 2.42. The number of hydrogen-bond acceptors (Lipinski definition) is 3. The van der Waals surface area contributed by atoms with Crippen LogP contribution in [0.3, 0.4) is 0 Å². The zero-order valence-corrected chi connectivity index (χ0v) is 13.5. The molecule has 0 saturated heterocycles. The van der Waals surface area contributed by atoms with Gasteiger partial charge in [0.05, 0.1) is 4.90 Å². The van der Waals surface area contributed by atoms with Gasteiger partial charge in [-0.25, -0.2) is 8.42 Å². The quantitative estimate of drug-likeness (QED) is 0.772. The molecule has 0 radical (unpaired) electrons. The van der Waals surface area contributed by atoms with Crippen molar-refractivity contribution in [3.63, 3.8) is 0 Å². The third kappa shape index (κ3) is 4.82. The Labute approximate surface area is 126 Å². The fourth-order valence-electron chi connectivity index (χ4n) is 2.00. The first-order valence-electron chi connectivity index (χ1n) is 7.15. The Kier molecular flexibility index (Phi) is 6.36. The summed E-state index contributed by atoms with van der Waals surface area (Å²) in [7, 11) is -3.82. The summed E-state index contributed by atoms with van der Waals surface area (Å²) in [5, 5.41) is 9.17. The van der Waals surface area contributed by atoms with Crippen molar-refractivity contribution in [1.82, 2.24) is 4.72 Å². The molecule has 0 aliphatic rings. The number of carboxylic acid groups (broad SMARTS) is 1. The second-order valence-corrected chi connectivity index (χ2v) is 6.93. The van der Waals surface area contributed by atoms with Crippen molar-refractivity contribution in [3.05, 3.63) is 29.8 Å². The highest BCUT2D eigenvalue weighted by Gasteiger charge is 2.29. The van der Waals surface area contributed by atoms with Gasteiger partial charge >= 0.3 is 5.97 Å². The van der Waals surface area contributed by atoms with Crippen LogP contribution < -0.4 is 4.72 Å². The molecule has 0 aromatic heterocycles. The van der Waals surface area contributed by atoms with E-state index in [2.05, 4.69) is 11.6 Å². The van der Waals surface area contributed by atoms with Gasteiger partial charge in [0, 0.05) is 0 Å². The van der Waals surface area contributed by atoms with E-state index in [1.165, 1.54) is 12.1 Å². The molecule has 2 N–H and O–H groups in total. The fourth-order valence-corrected chi connectivity index (χ4v) is 3.30. The molecule has 0 heterocycles. The van der Waals surface area contributed by atoms with Crippen LogP contribution in [-0.4, -0.2) is 25.5 Å². The smallest absolute Gasteiger partial charge is 0.322 e. The lowest BCUT2D eigenvalue weighted by atomic mass is 10.0. The van der Waals surface area contributed by atoms with Gasteiger partial charge in [0.1, 0.15) is 6.04 Å². The first kappa shape index (κ1) is 17.7. The van der Waals surface area contributed by atoms with Gasteiger partial charge in [-0.15, -0.1) is 0 Å². The minimum Gasteiger partial charge on any atom is -0.480 e. The van der Waals surface area contributed by atoms with E-state index in [0.29, 0.717) is 6.42 Å². The van der Waals surface area contributed by atoms with E-state index in [0.717, 1.165) is 18.4 Å². The van der Waals surface area contributed by atoms with E-state index in [-0.39, 0.29) is 10.8 Å². The third-order valence-electron chi connectivity index (χ3n) is 3.53. The molecular weight excluding hydrogens is 290 g/mol. The van der Waals surface area contributed by atoms with E-state index < -0.39 is 22.0 Å². The molecule has 0 fully saturated rings. The van der Waals surface area contributed by atoms with Gasteiger partial charge in [-0.1, -0.05) is 45.7 Å². The van der Waals surface area contributed by atoms with Gasteiger partial charge in [0.25, 0.3) is 0 Å². The summed E-state index contributed by atoms with van der Waals surface area (Å²) in [6.45, 7) is 5.59. The van der Waals surface area contributed by atoms with Gasteiger partial charge in [-0.3, -0.25) is 4.79 Å². The number of benzene rings is 1. The van der Waals surface area contributed by atoms with Gasteiger partial charge in [-0.05, 0) is 30.0 Å². The molecule has 0 aliphatic heterocycles. The van der Waals surface area contributed by atoms with Gasteiger partial charge in [0.15, 0.2) is 0 Å². The molecule has 0 amide bonds. The maximum atomic E-state index is 12.3. The van der Waals surface area contributed by atoms with E-state index in [9.17, 15) is 18.3 Å². The van der Waals surface area contributed by atoms with Crippen molar-refractivity contribution in [1.29, 1.82) is 0 Å². The van der Waals surface area contributed by atoms with Crippen LogP contribution in [0.1, 0.15) is 39.2 Å². The molecule has 1 rings (SSSR count). The van der Waals surface area contributed by atoms with Crippen molar-refractivity contribution < 1.29 is 18.3 Å². The highest BCUT2D eigenvalue weighted by atomic mass is 32.2. The summed E-state index contributed by atoms with van der Waals surface area (Å²) >= 11 is 0. The SMILES string of the molecule is CCCc1ccc(S(=O)(=O)N[C@H](C(=O)O)C(C)CC)cc1. The molecule has 118 valence electrons. The summed E-state index contributed by atoms with van der Waals surface area (Å²) in [6.07, 6.45) is 2.45. The van der Waals surface area contributed by atoms with E-state index in [1.54, 1.807) is 19.1 Å². The van der Waals surface area contributed by atoms with Gasteiger partial charge in [-0.2, -0.15) is 4.72 Å². The Morgan fingerprint density at radius 3 is 2.24 bits per heavy atom. The van der Waals surface area contributed by atoms with Crippen LogP contribution in [-0.2, 0) is 21.2 Å². The van der Waals surface area contributed by atoms with Crippen LogP contribution in [0.5, 0.6) is 0 Å². The lowest BCUT2D eigenvalue weighted by Gasteiger charge is -2.20. The van der Waals surface area contributed by atoms with Crippen LogP contribution in [0.4, 0.5) is 0 Å². The Morgan fingerprint density at radius 2 is 1.81 bits per heavy atom. The number of carbonyl (C=O) groups is 1. The van der Waals surface area contributed by atoms with Crippen molar-refractivity contribution in [2.45, 2.75) is 51.0 Å². The van der Waals surface area contributed by atoms with Crippen LogP contribution in [0.25, 0.3) is 0 Å². The molecule has 2 atom stereocenters.